The van der Waals surface area contributed by atoms with Gasteiger partial charge < -0.3 is 5.32 Å². The van der Waals surface area contributed by atoms with Gasteiger partial charge in [-0.3, -0.25) is 14.3 Å². The number of carbonyl (C=O) groups is 1. The van der Waals surface area contributed by atoms with Crippen LogP contribution >= 0.6 is 23.6 Å². The Morgan fingerprint density at radius 3 is 2.39 bits per heavy atom. The molecule has 1 aliphatic rings. The highest BCUT2D eigenvalue weighted by Gasteiger charge is 2.34. The highest BCUT2D eigenvalue weighted by atomic mass is 32.1. The van der Waals surface area contributed by atoms with Crippen LogP contribution in [-0.4, -0.2) is 25.4 Å². The first kappa shape index (κ1) is 21.0. The smallest absolute Gasteiger partial charge is 0.282 e. The first-order chi connectivity index (χ1) is 16.0. The van der Waals surface area contributed by atoms with E-state index in [0.717, 1.165) is 16.9 Å². The van der Waals surface area contributed by atoms with Crippen molar-refractivity contribution >= 4 is 45.8 Å². The second kappa shape index (κ2) is 8.27. The van der Waals surface area contributed by atoms with Crippen molar-refractivity contribution in [3.05, 3.63) is 93.4 Å². The molecule has 0 radical (unpaired) electrons. The summed E-state index contributed by atoms with van der Waals surface area (Å²) in [5, 5.41) is 5.43. The standard InChI is InChI=1S/C24H19N5O2S2/c1-15-20(22(31)29(27(15)2)17-11-7-4-8-12-17)19-14-33-24(26-19)28-21(30)18(25-23(28)32)13-16-9-5-3-6-10-16/h3-14H,1-2H3,(H,25,32)/b18-13+. The number of rotatable bonds is 4. The lowest BCUT2D eigenvalue weighted by molar-refractivity contribution is -0.113. The van der Waals surface area contributed by atoms with Crippen molar-refractivity contribution in [2.75, 3.05) is 4.90 Å². The lowest BCUT2D eigenvalue weighted by Gasteiger charge is -2.08. The van der Waals surface area contributed by atoms with E-state index in [9.17, 15) is 9.59 Å². The van der Waals surface area contributed by atoms with Crippen molar-refractivity contribution in [3.63, 3.8) is 0 Å². The number of carbonyl (C=O) groups excluding carboxylic acids is 1. The van der Waals surface area contributed by atoms with E-state index < -0.39 is 0 Å². The van der Waals surface area contributed by atoms with E-state index in [0.29, 0.717) is 22.1 Å². The number of thiazole rings is 1. The predicted octanol–water partition coefficient (Wildman–Crippen LogP) is 3.87. The van der Waals surface area contributed by atoms with Gasteiger partial charge in [0.05, 0.1) is 16.9 Å². The molecule has 0 spiro atoms. The largest absolute Gasteiger partial charge is 0.327 e. The third-order valence-corrected chi connectivity index (χ3v) is 6.59. The molecule has 1 fully saturated rings. The summed E-state index contributed by atoms with van der Waals surface area (Å²) < 4.78 is 3.41. The van der Waals surface area contributed by atoms with E-state index in [4.69, 9.17) is 12.2 Å². The van der Waals surface area contributed by atoms with Crippen LogP contribution in [0.3, 0.4) is 0 Å². The van der Waals surface area contributed by atoms with Gasteiger partial charge in [-0.1, -0.05) is 48.5 Å². The molecule has 0 aliphatic carbocycles. The van der Waals surface area contributed by atoms with Crippen LogP contribution in [0, 0.1) is 6.92 Å². The minimum absolute atomic E-state index is 0.170. The summed E-state index contributed by atoms with van der Waals surface area (Å²) in [6, 6.07) is 19.0. The molecule has 2 aromatic carbocycles. The highest BCUT2D eigenvalue weighted by Crippen LogP contribution is 2.31. The summed E-state index contributed by atoms with van der Waals surface area (Å²) in [6.45, 7) is 1.88. The van der Waals surface area contributed by atoms with E-state index in [-0.39, 0.29) is 16.6 Å². The van der Waals surface area contributed by atoms with Crippen LogP contribution < -0.4 is 15.8 Å². The van der Waals surface area contributed by atoms with Crippen LogP contribution in [-0.2, 0) is 11.8 Å². The molecule has 1 aliphatic heterocycles. The Morgan fingerprint density at radius 1 is 1.03 bits per heavy atom. The fraction of sp³-hybridized carbons (Fsp3) is 0.0833. The molecular formula is C24H19N5O2S2. The monoisotopic (exact) mass is 473 g/mol. The van der Waals surface area contributed by atoms with E-state index in [1.54, 1.807) is 20.8 Å². The summed E-state index contributed by atoms with van der Waals surface area (Å²) in [5.41, 5.74) is 3.65. The van der Waals surface area contributed by atoms with E-state index in [2.05, 4.69) is 10.3 Å². The third kappa shape index (κ3) is 3.61. The van der Waals surface area contributed by atoms with E-state index >= 15 is 0 Å². The first-order valence-electron chi connectivity index (χ1n) is 10.2. The van der Waals surface area contributed by atoms with Gasteiger partial charge in [-0.25, -0.2) is 14.6 Å². The van der Waals surface area contributed by atoms with Crippen molar-refractivity contribution in [2.45, 2.75) is 6.92 Å². The first-order valence-corrected chi connectivity index (χ1v) is 11.5. The van der Waals surface area contributed by atoms with Gasteiger partial charge in [0.1, 0.15) is 5.70 Å². The minimum atomic E-state index is -0.281. The number of hydrogen-bond acceptors (Lipinski definition) is 5. The summed E-state index contributed by atoms with van der Waals surface area (Å²) >= 11 is 6.68. The van der Waals surface area contributed by atoms with Gasteiger partial charge in [0.2, 0.25) is 0 Å². The summed E-state index contributed by atoms with van der Waals surface area (Å²) in [7, 11) is 1.84. The molecule has 3 heterocycles. The van der Waals surface area contributed by atoms with Gasteiger partial charge in [-0.15, -0.1) is 11.3 Å². The lowest BCUT2D eigenvalue weighted by Crippen LogP contribution is -2.30. The summed E-state index contributed by atoms with van der Waals surface area (Å²) in [5.74, 6) is -0.281. The third-order valence-electron chi connectivity index (χ3n) is 5.48. The number of nitrogens with zero attached hydrogens (tertiary/aromatic N) is 4. The van der Waals surface area contributed by atoms with Crippen LogP contribution in [0.25, 0.3) is 23.0 Å². The van der Waals surface area contributed by atoms with Crippen LogP contribution in [0.5, 0.6) is 0 Å². The Labute approximate surface area is 199 Å². The molecule has 9 heteroatoms. The maximum atomic E-state index is 13.3. The molecule has 164 valence electrons. The van der Waals surface area contributed by atoms with Crippen LogP contribution in [0.15, 0.2) is 76.5 Å². The van der Waals surface area contributed by atoms with Crippen molar-refractivity contribution in [2.24, 2.45) is 7.05 Å². The highest BCUT2D eigenvalue weighted by molar-refractivity contribution is 7.80. The van der Waals surface area contributed by atoms with Crippen LogP contribution in [0.4, 0.5) is 5.13 Å². The van der Waals surface area contributed by atoms with Gasteiger partial charge in [-0.2, -0.15) is 0 Å². The lowest BCUT2D eigenvalue weighted by atomic mass is 10.2. The molecule has 5 rings (SSSR count). The molecule has 0 bridgehead atoms. The van der Waals surface area contributed by atoms with E-state index in [1.807, 2.05) is 74.6 Å². The van der Waals surface area contributed by atoms with Gasteiger partial charge in [0.15, 0.2) is 10.2 Å². The zero-order chi connectivity index (χ0) is 23.1. The van der Waals surface area contributed by atoms with Gasteiger partial charge >= 0.3 is 0 Å². The maximum absolute atomic E-state index is 13.3. The van der Waals surface area contributed by atoms with Gasteiger partial charge in [0.25, 0.3) is 11.5 Å². The molecule has 4 aromatic rings. The van der Waals surface area contributed by atoms with Crippen molar-refractivity contribution in [1.82, 2.24) is 19.7 Å². The second-order valence-corrected chi connectivity index (χ2v) is 8.71. The number of thiocarbonyl (C=S) groups is 1. The Balaban J connectivity index is 1.51. The van der Waals surface area contributed by atoms with Crippen molar-refractivity contribution in [3.8, 4) is 16.9 Å². The van der Waals surface area contributed by atoms with Gasteiger partial charge in [0, 0.05) is 18.1 Å². The Kier molecular flexibility index (Phi) is 5.27. The number of nitrogens with one attached hydrogen (secondary N) is 1. The molecule has 2 aromatic heterocycles. The number of amides is 1. The fourth-order valence-corrected chi connectivity index (χ4v) is 4.93. The van der Waals surface area contributed by atoms with Crippen molar-refractivity contribution in [1.29, 1.82) is 0 Å². The average Bonchev–Trinajstić information content (AvgIpc) is 3.45. The van der Waals surface area contributed by atoms with Crippen LogP contribution in [0.2, 0.25) is 0 Å². The van der Waals surface area contributed by atoms with Crippen molar-refractivity contribution < 1.29 is 4.79 Å². The molecule has 1 saturated heterocycles. The molecule has 1 N–H and O–H groups in total. The van der Waals surface area contributed by atoms with Crippen LogP contribution in [0.1, 0.15) is 11.3 Å². The number of hydrogen-bond donors (Lipinski definition) is 1. The predicted molar refractivity (Wildman–Crippen MR) is 134 cm³/mol. The Bertz CT molecular complexity index is 1470. The molecule has 0 saturated carbocycles. The SMILES string of the molecule is Cc1c(-c2csc(N3C(=O)/C(=C\c4ccccc4)NC3=S)n2)c(=O)n(-c2ccccc2)n1C. The Hall–Kier alpha value is -3.82. The average molecular weight is 474 g/mol. The molecule has 7 nitrogen and oxygen atoms in total. The zero-order valence-corrected chi connectivity index (χ0v) is 19.5. The minimum Gasteiger partial charge on any atom is -0.327 e. The fourth-order valence-electron chi connectivity index (χ4n) is 3.77. The Morgan fingerprint density at radius 2 is 1.70 bits per heavy atom. The number of aromatic nitrogens is 3. The zero-order valence-electron chi connectivity index (χ0n) is 17.9. The summed E-state index contributed by atoms with van der Waals surface area (Å²) in [4.78, 5) is 32.3. The number of benzene rings is 2. The molecule has 0 atom stereocenters. The maximum Gasteiger partial charge on any atom is 0.282 e. The number of anilines is 1. The van der Waals surface area contributed by atoms with Gasteiger partial charge in [-0.05, 0) is 42.9 Å². The summed E-state index contributed by atoms with van der Waals surface area (Å²) in [6.07, 6.45) is 1.75. The normalized spacial score (nSPS) is 14.8. The molecule has 1 amide bonds. The topological polar surface area (TPSA) is 72.2 Å². The molecule has 0 unspecified atom stereocenters. The quantitative estimate of drug-likeness (QED) is 0.360. The second-order valence-electron chi connectivity index (χ2n) is 7.49. The molecule has 33 heavy (non-hydrogen) atoms. The number of para-hydroxylation sites is 1. The van der Waals surface area contributed by atoms with E-state index in [1.165, 1.54) is 16.2 Å². The molecular weight excluding hydrogens is 454 g/mol.